The summed E-state index contributed by atoms with van der Waals surface area (Å²) in [5, 5.41) is 6.00. The molecule has 1 atom stereocenters. The van der Waals surface area contributed by atoms with Gasteiger partial charge in [-0.05, 0) is 43.5 Å². The maximum absolute atomic E-state index is 5.94. The minimum Gasteiger partial charge on any atom is -0.497 e. The fourth-order valence-electron chi connectivity index (χ4n) is 4.71. The molecule has 0 saturated heterocycles. The first-order valence-corrected chi connectivity index (χ1v) is 11.0. The number of methoxy groups -OCH3 is 1. The summed E-state index contributed by atoms with van der Waals surface area (Å²) in [6.07, 6.45) is 5.96. The minimum absolute atomic E-state index is 0.261. The molecule has 6 heteroatoms. The molecule has 0 aliphatic heterocycles. The molecule has 0 amide bonds. The molecule has 5 rings (SSSR count). The van der Waals surface area contributed by atoms with Gasteiger partial charge >= 0.3 is 0 Å². The minimum atomic E-state index is 0.261. The highest BCUT2D eigenvalue weighted by atomic mass is 16.6. The van der Waals surface area contributed by atoms with Crippen molar-refractivity contribution in [1.82, 2.24) is 14.1 Å². The maximum Gasteiger partial charge on any atom is 0.142 e. The predicted octanol–water partition coefficient (Wildman–Crippen LogP) is 4.88. The van der Waals surface area contributed by atoms with Gasteiger partial charge in [0.1, 0.15) is 18.2 Å². The standard InChI is InChI=1S/C26H28N4O2/c1-18-27-14-15-30(18)16-20-10-13-24-25(22-6-4-5-7-23(22)29(24)2)26(20)28-32-17-19-8-11-21(31-3)12-9-19/h4-9,11-12,14-15,20H,10,13,16-17H2,1-3H3. The molecule has 0 N–H and O–H groups in total. The molecule has 1 aliphatic rings. The molecule has 2 aromatic carbocycles. The third-order valence-corrected chi connectivity index (χ3v) is 6.49. The van der Waals surface area contributed by atoms with Crippen LogP contribution in [0.3, 0.4) is 0 Å². The van der Waals surface area contributed by atoms with Gasteiger partial charge in [0.05, 0.1) is 12.8 Å². The van der Waals surface area contributed by atoms with Crippen molar-refractivity contribution in [3.8, 4) is 5.75 Å². The van der Waals surface area contributed by atoms with Crippen LogP contribution in [-0.4, -0.2) is 26.9 Å². The van der Waals surface area contributed by atoms with Crippen molar-refractivity contribution in [2.45, 2.75) is 32.9 Å². The van der Waals surface area contributed by atoms with E-state index in [0.29, 0.717) is 6.61 Å². The average molecular weight is 429 g/mol. The number of hydrogen-bond donors (Lipinski definition) is 0. The Labute approximate surface area is 188 Å². The van der Waals surface area contributed by atoms with Crippen LogP contribution in [0, 0.1) is 12.8 Å². The van der Waals surface area contributed by atoms with Crippen LogP contribution >= 0.6 is 0 Å². The number of fused-ring (bicyclic) bond motifs is 3. The highest BCUT2D eigenvalue weighted by molar-refractivity contribution is 6.13. The van der Waals surface area contributed by atoms with Crippen molar-refractivity contribution < 1.29 is 9.57 Å². The number of para-hydroxylation sites is 1. The third kappa shape index (κ3) is 3.66. The van der Waals surface area contributed by atoms with Crippen molar-refractivity contribution in [3.05, 3.63) is 83.6 Å². The van der Waals surface area contributed by atoms with Gasteiger partial charge in [-0.2, -0.15) is 0 Å². The Morgan fingerprint density at radius 2 is 1.94 bits per heavy atom. The van der Waals surface area contributed by atoms with Crippen molar-refractivity contribution >= 4 is 16.6 Å². The first-order valence-electron chi connectivity index (χ1n) is 11.0. The quantitative estimate of drug-likeness (QED) is 0.412. The second kappa shape index (κ2) is 8.54. The summed E-state index contributed by atoms with van der Waals surface area (Å²) in [5.41, 5.74) is 5.89. The lowest BCUT2D eigenvalue weighted by atomic mass is 9.84. The Kier molecular flexibility index (Phi) is 5.43. The summed E-state index contributed by atoms with van der Waals surface area (Å²) in [4.78, 5) is 10.3. The Hall–Kier alpha value is -3.54. The zero-order valence-electron chi connectivity index (χ0n) is 18.8. The Bertz CT molecular complexity index is 1270. The zero-order chi connectivity index (χ0) is 22.1. The maximum atomic E-state index is 5.94. The molecule has 32 heavy (non-hydrogen) atoms. The number of benzene rings is 2. The van der Waals surface area contributed by atoms with E-state index in [-0.39, 0.29) is 5.92 Å². The number of rotatable bonds is 6. The number of nitrogens with zero attached hydrogens (tertiary/aromatic N) is 4. The van der Waals surface area contributed by atoms with Crippen LogP contribution in [-0.2, 0) is 31.5 Å². The monoisotopic (exact) mass is 428 g/mol. The van der Waals surface area contributed by atoms with Crippen LogP contribution in [0.25, 0.3) is 10.9 Å². The normalized spacial score (nSPS) is 17.0. The van der Waals surface area contributed by atoms with Crippen LogP contribution in [0.2, 0.25) is 0 Å². The number of oxime groups is 1. The second-order valence-electron chi connectivity index (χ2n) is 8.36. The van der Waals surface area contributed by atoms with E-state index >= 15 is 0 Å². The summed E-state index contributed by atoms with van der Waals surface area (Å²) in [5.74, 6) is 2.12. The van der Waals surface area contributed by atoms with Crippen molar-refractivity contribution in [2.24, 2.45) is 18.1 Å². The lowest BCUT2D eigenvalue weighted by Crippen LogP contribution is -2.28. The van der Waals surface area contributed by atoms with E-state index in [9.17, 15) is 0 Å². The molecular weight excluding hydrogens is 400 g/mol. The molecule has 4 aromatic rings. The lowest BCUT2D eigenvalue weighted by Gasteiger charge is -2.26. The van der Waals surface area contributed by atoms with E-state index in [1.54, 1.807) is 7.11 Å². The van der Waals surface area contributed by atoms with Crippen LogP contribution in [0.5, 0.6) is 5.75 Å². The first-order chi connectivity index (χ1) is 15.7. The summed E-state index contributed by atoms with van der Waals surface area (Å²) < 4.78 is 9.76. The molecule has 2 aromatic heterocycles. The fraction of sp³-hybridized carbons (Fsp3) is 0.308. The lowest BCUT2D eigenvalue weighted by molar-refractivity contribution is 0.128. The van der Waals surface area contributed by atoms with E-state index in [1.807, 2.05) is 43.6 Å². The van der Waals surface area contributed by atoms with Crippen LogP contribution < -0.4 is 4.74 Å². The van der Waals surface area contributed by atoms with E-state index in [4.69, 9.17) is 14.7 Å². The van der Waals surface area contributed by atoms with Crippen molar-refractivity contribution in [3.63, 3.8) is 0 Å². The highest BCUT2D eigenvalue weighted by Gasteiger charge is 2.31. The van der Waals surface area contributed by atoms with Gasteiger partial charge in [-0.3, -0.25) is 0 Å². The van der Waals surface area contributed by atoms with Gasteiger partial charge in [-0.1, -0.05) is 35.5 Å². The second-order valence-corrected chi connectivity index (χ2v) is 8.36. The largest absolute Gasteiger partial charge is 0.497 e. The van der Waals surface area contributed by atoms with Crippen molar-refractivity contribution in [2.75, 3.05) is 7.11 Å². The molecule has 6 nitrogen and oxygen atoms in total. The Morgan fingerprint density at radius 3 is 2.69 bits per heavy atom. The average Bonchev–Trinajstić information content (AvgIpc) is 3.36. The Morgan fingerprint density at radius 1 is 1.12 bits per heavy atom. The molecular formula is C26H28N4O2. The number of aromatic nitrogens is 3. The molecule has 0 spiro atoms. The molecule has 1 unspecified atom stereocenters. The topological polar surface area (TPSA) is 53.6 Å². The summed E-state index contributed by atoms with van der Waals surface area (Å²) in [7, 11) is 3.82. The van der Waals surface area contributed by atoms with Crippen LogP contribution in [0.1, 0.15) is 29.1 Å². The molecule has 0 bridgehead atoms. The highest BCUT2D eigenvalue weighted by Crippen LogP contribution is 2.35. The molecule has 0 radical (unpaired) electrons. The van der Waals surface area contributed by atoms with Gasteiger partial charge in [0, 0.05) is 54.1 Å². The van der Waals surface area contributed by atoms with Gasteiger partial charge in [0.15, 0.2) is 0 Å². The van der Waals surface area contributed by atoms with Crippen LogP contribution in [0.4, 0.5) is 0 Å². The number of aryl methyl sites for hydroxylation is 2. The number of ether oxygens (including phenoxy) is 1. The predicted molar refractivity (Wildman–Crippen MR) is 126 cm³/mol. The van der Waals surface area contributed by atoms with Gasteiger partial charge in [0.2, 0.25) is 0 Å². The molecule has 164 valence electrons. The number of imidazole rings is 1. The van der Waals surface area contributed by atoms with Gasteiger partial charge in [-0.15, -0.1) is 0 Å². The third-order valence-electron chi connectivity index (χ3n) is 6.49. The van der Waals surface area contributed by atoms with Gasteiger partial charge in [-0.25, -0.2) is 4.98 Å². The first kappa shape index (κ1) is 20.4. The van der Waals surface area contributed by atoms with E-state index in [2.05, 4.69) is 45.4 Å². The fourth-order valence-corrected chi connectivity index (χ4v) is 4.71. The molecule has 2 heterocycles. The SMILES string of the molecule is COc1ccc(CON=C2c3c(n(C)c4ccccc34)CCC2Cn2ccnc2C)cc1. The van der Waals surface area contributed by atoms with E-state index < -0.39 is 0 Å². The van der Waals surface area contributed by atoms with Gasteiger partial charge < -0.3 is 18.7 Å². The Balaban J connectivity index is 1.50. The summed E-state index contributed by atoms with van der Waals surface area (Å²) in [6.45, 7) is 3.31. The zero-order valence-corrected chi connectivity index (χ0v) is 18.8. The smallest absolute Gasteiger partial charge is 0.142 e. The van der Waals surface area contributed by atoms with Gasteiger partial charge in [0.25, 0.3) is 0 Å². The molecule has 1 aliphatic carbocycles. The molecule has 0 saturated carbocycles. The summed E-state index contributed by atoms with van der Waals surface area (Å²) in [6, 6.07) is 16.5. The van der Waals surface area contributed by atoms with E-state index in [0.717, 1.165) is 42.2 Å². The van der Waals surface area contributed by atoms with Crippen molar-refractivity contribution in [1.29, 1.82) is 0 Å². The summed E-state index contributed by atoms with van der Waals surface area (Å²) >= 11 is 0. The van der Waals surface area contributed by atoms with E-state index in [1.165, 1.54) is 22.2 Å². The van der Waals surface area contributed by atoms with Crippen LogP contribution in [0.15, 0.2) is 66.1 Å². The molecule has 0 fully saturated rings. The number of hydrogen-bond acceptors (Lipinski definition) is 4.